The van der Waals surface area contributed by atoms with E-state index in [1.165, 1.54) is 9.80 Å². The number of rotatable bonds is 4. The van der Waals surface area contributed by atoms with E-state index in [2.05, 4.69) is 16.1 Å². The van der Waals surface area contributed by atoms with Crippen molar-refractivity contribution in [1.29, 1.82) is 0 Å². The minimum atomic E-state index is -1.20. The zero-order chi connectivity index (χ0) is 17.0. The summed E-state index contributed by atoms with van der Waals surface area (Å²) in [7, 11) is 0. The number of carbonyl (C=O) groups is 2. The Bertz CT molecular complexity index is 680. The highest BCUT2D eigenvalue weighted by Crippen LogP contribution is 2.19. The standard InChI is InChI=1S/C16H16N4O2S/c1-4-11-7-9-12(10-8-11)17-18-13-14(21)19(5-2)16(23)20(6-3)15(13)22/h1,7-10,13H,5-6H2,2-3H3/b18-17+. The average molecular weight is 328 g/mol. The molecule has 6 nitrogen and oxygen atoms in total. The minimum absolute atomic E-state index is 0.217. The van der Waals surface area contributed by atoms with Crippen molar-refractivity contribution in [2.24, 2.45) is 10.2 Å². The summed E-state index contributed by atoms with van der Waals surface area (Å²) in [6.45, 7) is 4.34. The van der Waals surface area contributed by atoms with E-state index in [0.29, 0.717) is 24.3 Å². The number of terminal acetylenes is 1. The van der Waals surface area contributed by atoms with Crippen molar-refractivity contribution in [2.45, 2.75) is 19.9 Å². The highest BCUT2D eigenvalue weighted by Gasteiger charge is 2.42. The van der Waals surface area contributed by atoms with Gasteiger partial charge in [0, 0.05) is 18.7 Å². The van der Waals surface area contributed by atoms with Gasteiger partial charge in [0.15, 0.2) is 5.11 Å². The van der Waals surface area contributed by atoms with Gasteiger partial charge in [-0.25, -0.2) is 0 Å². The molecule has 0 spiro atoms. The summed E-state index contributed by atoms with van der Waals surface area (Å²) in [6.07, 6.45) is 5.28. The van der Waals surface area contributed by atoms with Crippen LogP contribution in [0, 0.1) is 12.3 Å². The Kier molecular flexibility index (Phi) is 5.19. The van der Waals surface area contributed by atoms with E-state index in [9.17, 15) is 9.59 Å². The van der Waals surface area contributed by atoms with Gasteiger partial charge in [-0.05, 0) is 50.3 Å². The highest BCUT2D eigenvalue weighted by atomic mass is 32.1. The van der Waals surface area contributed by atoms with Gasteiger partial charge in [-0.15, -0.1) is 6.42 Å². The van der Waals surface area contributed by atoms with E-state index in [0.717, 1.165) is 0 Å². The molecule has 2 rings (SSSR count). The summed E-state index contributed by atoms with van der Waals surface area (Å²) in [5.41, 5.74) is 1.23. The largest absolute Gasteiger partial charge is 0.287 e. The van der Waals surface area contributed by atoms with Gasteiger partial charge in [0.2, 0.25) is 6.04 Å². The molecule has 23 heavy (non-hydrogen) atoms. The number of thiocarbonyl (C=S) groups is 1. The van der Waals surface area contributed by atoms with Crippen LogP contribution in [0.15, 0.2) is 34.5 Å². The van der Waals surface area contributed by atoms with Gasteiger partial charge < -0.3 is 0 Å². The van der Waals surface area contributed by atoms with Crippen LogP contribution in [0.25, 0.3) is 0 Å². The first kappa shape index (κ1) is 16.8. The van der Waals surface area contributed by atoms with E-state index >= 15 is 0 Å². The van der Waals surface area contributed by atoms with E-state index in [4.69, 9.17) is 18.6 Å². The normalized spacial score (nSPS) is 16.3. The van der Waals surface area contributed by atoms with Crippen LogP contribution in [0.4, 0.5) is 5.69 Å². The Balaban J connectivity index is 2.27. The number of hydrogen-bond acceptors (Lipinski definition) is 5. The maximum absolute atomic E-state index is 12.4. The van der Waals surface area contributed by atoms with Crippen molar-refractivity contribution in [3.05, 3.63) is 29.8 Å². The smallest absolute Gasteiger partial charge is 0.265 e. The monoisotopic (exact) mass is 328 g/mol. The molecule has 0 atom stereocenters. The topological polar surface area (TPSA) is 65.3 Å². The fourth-order valence-electron chi connectivity index (χ4n) is 2.16. The molecule has 0 saturated carbocycles. The average Bonchev–Trinajstić information content (AvgIpc) is 2.56. The summed E-state index contributed by atoms with van der Waals surface area (Å²) >= 11 is 5.18. The molecule has 2 amide bonds. The van der Waals surface area contributed by atoms with E-state index in [1.807, 2.05) is 0 Å². The van der Waals surface area contributed by atoms with Gasteiger partial charge >= 0.3 is 0 Å². The molecule has 0 aromatic heterocycles. The lowest BCUT2D eigenvalue weighted by Crippen LogP contribution is -2.61. The van der Waals surface area contributed by atoms with Gasteiger partial charge in [0.1, 0.15) is 0 Å². The molecule has 0 aliphatic carbocycles. The number of amides is 2. The zero-order valence-electron chi connectivity index (χ0n) is 12.9. The summed E-state index contributed by atoms with van der Waals surface area (Å²) in [5, 5.41) is 8.14. The molecule has 0 bridgehead atoms. The predicted molar refractivity (Wildman–Crippen MR) is 90.1 cm³/mol. The summed E-state index contributed by atoms with van der Waals surface area (Å²) in [6, 6.07) is 5.58. The van der Waals surface area contributed by atoms with Crippen LogP contribution in [-0.4, -0.2) is 45.9 Å². The van der Waals surface area contributed by atoms with Crippen molar-refractivity contribution in [2.75, 3.05) is 13.1 Å². The quantitative estimate of drug-likeness (QED) is 0.368. The first-order valence-electron chi connectivity index (χ1n) is 7.17. The molecule has 7 heteroatoms. The van der Waals surface area contributed by atoms with Gasteiger partial charge in [-0.1, -0.05) is 5.92 Å². The Morgan fingerprint density at radius 1 is 1.13 bits per heavy atom. The molecule has 1 aliphatic heterocycles. The fourth-order valence-corrected chi connectivity index (χ4v) is 2.60. The minimum Gasteiger partial charge on any atom is -0.287 e. The van der Waals surface area contributed by atoms with E-state index in [-0.39, 0.29) is 5.11 Å². The van der Waals surface area contributed by atoms with Gasteiger partial charge in [-0.3, -0.25) is 19.4 Å². The van der Waals surface area contributed by atoms with E-state index < -0.39 is 17.9 Å². The fraction of sp³-hybridized carbons (Fsp3) is 0.312. The molecule has 1 aromatic rings. The first-order chi connectivity index (χ1) is 11.0. The van der Waals surface area contributed by atoms with Gasteiger partial charge in [-0.2, -0.15) is 10.2 Å². The van der Waals surface area contributed by atoms with Crippen molar-refractivity contribution in [1.82, 2.24) is 9.80 Å². The maximum Gasteiger partial charge on any atom is 0.265 e. The Morgan fingerprint density at radius 3 is 2.09 bits per heavy atom. The van der Waals surface area contributed by atoms with Crippen molar-refractivity contribution < 1.29 is 9.59 Å². The third-order valence-corrected chi connectivity index (χ3v) is 3.86. The Hall–Kier alpha value is -2.59. The Labute approximate surface area is 140 Å². The van der Waals surface area contributed by atoms with Crippen LogP contribution in [0.3, 0.4) is 0 Å². The van der Waals surface area contributed by atoms with E-state index in [1.54, 1.807) is 38.1 Å². The number of hydrogen-bond donors (Lipinski definition) is 0. The lowest BCUT2D eigenvalue weighted by molar-refractivity contribution is -0.142. The molecular formula is C16H16N4O2S. The molecule has 0 N–H and O–H groups in total. The number of azo groups is 1. The number of benzene rings is 1. The van der Waals surface area contributed by atoms with Crippen LogP contribution < -0.4 is 0 Å². The molecule has 118 valence electrons. The molecular weight excluding hydrogens is 312 g/mol. The third kappa shape index (κ3) is 3.27. The van der Waals surface area contributed by atoms with Crippen LogP contribution in [0.5, 0.6) is 0 Å². The van der Waals surface area contributed by atoms with Crippen LogP contribution in [0.1, 0.15) is 19.4 Å². The first-order valence-corrected chi connectivity index (χ1v) is 7.58. The lowest BCUT2D eigenvalue weighted by atomic mass is 10.2. The summed E-state index contributed by atoms with van der Waals surface area (Å²) in [4.78, 5) is 27.5. The predicted octanol–water partition coefficient (Wildman–Crippen LogP) is 2.12. The molecule has 0 radical (unpaired) electrons. The molecule has 1 fully saturated rings. The summed E-state index contributed by atoms with van der Waals surface area (Å²) in [5.74, 6) is 1.60. The van der Waals surface area contributed by atoms with Crippen molar-refractivity contribution in [3.63, 3.8) is 0 Å². The second-order valence-electron chi connectivity index (χ2n) is 4.76. The van der Waals surface area contributed by atoms with Crippen LogP contribution in [-0.2, 0) is 9.59 Å². The SMILES string of the molecule is C#Cc1ccc(/N=N/C2C(=O)N(CC)C(=S)N(CC)C2=O)cc1. The number of carbonyl (C=O) groups excluding carboxylic acids is 2. The highest BCUT2D eigenvalue weighted by molar-refractivity contribution is 7.80. The second kappa shape index (κ2) is 7.11. The third-order valence-electron chi connectivity index (χ3n) is 3.42. The summed E-state index contributed by atoms with van der Waals surface area (Å²) < 4.78 is 0. The second-order valence-corrected chi connectivity index (χ2v) is 5.12. The van der Waals surface area contributed by atoms with Crippen LogP contribution >= 0.6 is 12.2 Å². The maximum atomic E-state index is 12.4. The van der Waals surface area contributed by atoms with Crippen molar-refractivity contribution in [3.8, 4) is 12.3 Å². The van der Waals surface area contributed by atoms with Gasteiger partial charge in [0.05, 0.1) is 5.69 Å². The number of likely N-dealkylation sites (N-methyl/N-ethyl adjacent to an activating group) is 2. The molecule has 1 aromatic carbocycles. The molecule has 1 saturated heterocycles. The zero-order valence-corrected chi connectivity index (χ0v) is 13.7. The van der Waals surface area contributed by atoms with Gasteiger partial charge in [0.25, 0.3) is 11.8 Å². The molecule has 1 aliphatic rings. The molecule has 0 unspecified atom stereocenters. The van der Waals surface area contributed by atoms with Crippen molar-refractivity contribution >= 4 is 34.8 Å². The lowest BCUT2D eigenvalue weighted by Gasteiger charge is -2.36. The molecule has 1 heterocycles. The Morgan fingerprint density at radius 2 is 1.65 bits per heavy atom. The number of nitrogens with zero attached hydrogens (tertiary/aromatic N) is 4. The van der Waals surface area contributed by atoms with Crippen LogP contribution in [0.2, 0.25) is 0 Å².